The fourth-order valence-corrected chi connectivity index (χ4v) is 3.17. The summed E-state index contributed by atoms with van der Waals surface area (Å²) in [6.45, 7) is 10.4. The Kier molecular flexibility index (Phi) is 5.67. The number of nitrogens with one attached hydrogen (secondary N) is 1. The van der Waals surface area contributed by atoms with E-state index in [1.54, 1.807) is 6.26 Å². The van der Waals surface area contributed by atoms with Gasteiger partial charge in [0.15, 0.2) is 0 Å². The lowest BCUT2D eigenvalue weighted by Gasteiger charge is -2.31. The molecule has 114 valence electrons. The van der Waals surface area contributed by atoms with Gasteiger partial charge in [-0.1, -0.05) is 27.7 Å². The Labute approximate surface area is 123 Å². The van der Waals surface area contributed by atoms with Crippen molar-refractivity contribution in [3.63, 3.8) is 0 Å². The van der Waals surface area contributed by atoms with Crippen molar-refractivity contribution in [1.29, 1.82) is 0 Å². The molecule has 1 heterocycles. The van der Waals surface area contributed by atoms with Crippen molar-refractivity contribution in [3.05, 3.63) is 23.7 Å². The minimum absolute atomic E-state index is 0.393. The van der Waals surface area contributed by atoms with Gasteiger partial charge in [-0.15, -0.1) is 0 Å². The van der Waals surface area contributed by atoms with Crippen LogP contribution in [0.1, 0.15) is 58.3 Å². The first-order valence-electron chi connectivity index (χ1n) is 7.94. The van der Waals surface area contributed by atoms with Crippen molar-refractivity contribution in [2.45, 2.75) is 72.3 Å². The number of rotatable bonds is 6. The van der Waals surface area contributed by atoms with E-state index in [1.807, 2.05) is 6.07 Å². The van der Waals surface area contributed by atoms with Crippen molar-refractivity contribution >= 4 is 0 Å². The molecular weight excluding hydrogens is 250 g/mol. The third-order valence-electron chi connectivity index (χ3n) is 4.12. The molecule has 1 aromatic heterocycles. The summed E-state index contributed by atoms with van der Waals surface area (Å²) in [5.41, 5.74) is 1.22. The molecule has 0 saturated heterocycles. The zero-order chi connectivity index (χ0) is 14.5. The third-order valence-corrected chi connectivity index (χ3v) is 4.12. The largest absolute Gasteiger partial charge is 0.467 e. The van der Waals surface area contributed by atoms with Crippen LogP contribution in [0.15, 0.2) is 16.7 Å². The average Bonchev–Trinajstić information content (AvgIpc) is 2.80. The SMILES string of the molecule is CC1CC(C)CC(OCc2occc2CNC(C)C)C1. The van der Waals surface area contributed by atoms with Crippen LogP contribution in [0, 0.1) is 11.8 Å². The minimum Gasteiger partial charge on any atom is -0.467 e. The monoisotopic (exact) mass is 279 g/mol. The molecule has 1 aliphatic rings. The summed E-state index contributed by atoms with van der Waals surface area (Å²) in [4.78, 5) is 0. The highest BCUT2D eigenvalue weighted by Crippen LogP contribution is 2.31. The summed E-state index contributed by atoms with van der Waals surface area (Å²) in [7, 11) is 0. The minimum atomic E-state index is 0.393. The lowest BCUT2D eigenvalue weighted by molar-refractivity contribution is -0.0160. The summed E-state index contributed by atoms with van der Waals surface area (Å²) in [6.07, 6.45) is 5.87. The number of furan rings is 1. The van der Waals surface area contributed by atoms with Crippen molar-refractivity contribution in [2.75, 3.05) is 0 Å². The smallest absolute Gasteiger partial charge is 0.133 e. The van der Waals surface area contributed by atoms with Crippen LogP contribution in [-0.2, 0) is 17.9 Å². The summed E-state index contributed by atoms with van der Waals surface area (Å²) in [6, 6.07) is 2.53. The molecule has 1 saturated carbocycles. The molecule has 1 aliphatic carbocycles. The normalized spacial score (nSPS) is 27.1. The fourth-order valence-electron chi connectivity index (χ4n) is 3.17. The zero-order valence-electron chi connectivity index (χ0n) is 13.3. The molecule has 3 nitrogen and oxygen atoms in total. The van der Waals surface area contributed by atoms with Crippen molar-refractivity contribution in [2.24, 2.45) is 11.8 Å². The van der Waals surface area contributed by atoms with Gasteiger partial charge in [0.2, 0.25) is 0 Å². The maximum Gasteiger partial charge on any atom is 0.133 e. The molecular formula is C17H29NO2. The van der Waals surface area contributed by atoms with Gasteiger partial charge in [-0.05, 0) is 37.2 Å². The third kappa shape index (κ3) is 4.64. The molecule has 1 aromatic rings. The van der Waals surface area contributed by atoms with Crippen molar-refractivity contribution < 1.29 is 9.15 Å². The quantitative estimate of drug-likeness (QED) is 0.850. The predicted octanol–water partition coefficient (Wildman–Crippen LogP) is 4.12. The Balaban J connectivity index is 1.83. The van der Waals surface area contributed by atoms with Crippen molar-refractivity contribution in [3.8, 4) is 0 Å². The molecule has 20 heavy (non-hydrogen) atoms. The van der Waals surface area contributed by atoms with Gasteiger partial charge in [0.25, 0.3) is 0 Å². The Morgan fingerprint density at radius 1 is 1.25 bits per heavy atom. The van der Waals surface area contributed by atoms with Crippen LogP contribution < -0.4 is 5.32 Å². The van der Waals surface area contributed by atoms with Gasteiger partial charge in [0.1, 0.15) is 12.4 Å². The second-order valence-electron chi connectivity index (χ2n) is 6.76. The first-order valence-corrected chi connectivity index (χ1v) is 7.94. The zero-order valence-corrected chi connectivity index (χ0v) is 13.3. The molecule has 1 fully saturated rings. The maximum absolute atomic E-state index is 6.09. The number of ether oxygens (including phenoxy) is 1. The number of hydrogen-bond donors (Lipinski definition) is 1. The molecule has 0 radical (unpaired) electrons. The highest BCUT2D eigenvalue weighted by molar-refractivity contribution is 5.16. The molecule has 0 amide bonds. The van der Waals surface area contributed by atoms with E-state index in [9.17, 15) is 0 Å². The molecule has 0 aromatic carbocycles. The van der Waals surface area contributed by atoms with Crippen LogP contribution in [0.3, 0.4) is 0 Å². The Bertz CT molecular complexity index is 389. The molecule has 2 rings (SSSR count). The van der Waals surface area contributed by atoms with E-state index in [1.165, 1.54) is 24.8 Å². The molecule has 0 bridgehead atoms. The van der Waals surface area contributed by atoms with Gasteiger partial charge >= 0.3 is 0 Å². The maximum atomic E-state index is 6.09. The van der Waals surface area contributed by atoms with E-state index < -0.39 is 0 Å². The summed E-state index contributed by atoms with van der Waals surface area (Å²) in [5, 5.41) is 3.42. The van der Waals surface area contributed by atoms with E-state index in [0.29, 0.717) is 18.8 Å². The van der Waals surface area contributed by atoms with Crippen LogP contribution in [0.25, 0.3) is 0 Å². The second-order valence-corrected chi connectivity index (χ2v) is 6.76. The van der Waals surface area contributed by atoms with E-state index in [4.69, 9.17) is 9.15 Å². The molecule has 3 heteroatoms. The standard InChI is InChI=1S/C17H29NO2/c1-12(2)18-10-15-5-6-19-17(15)11-20-16-8-13(3)7-14(4)9-16/h5-6,12-14,16,18H,7-11H2,1-4H3. The first kappa shape index (κ1) is 15.6. The lowest BCUT2D eigenvalue weighted by Crippen LogP contribution is -2.26. The predicted molar refractivity (Wildman–Crippen MR) is 81.4 cm³/mol. The van der Waals surface area contributed by atoms with Crippen LogP contribution in [-0.4, -0.2) is 12.1 Å². The van der Waals surface area contributed by atoms with Gasteiger partial charge in [0.05, 0.1) is 12.4 Å². The molecule has 0 aliphatic heterocycles. The molecule has 2 unspecified atom stereocenters. The molecule has 1 N–H and O–H groups in total. The molecule has 2 atom stereocenters. The lowest BCUT2D eigenvalue weighted by atomic mass is 9.82. The fraction of sp³-hybridized carbons (Fsp3) is 0.765. The highest BCUT2D eigenvalue weighted by Gasteiger charge is 2.24. The van der Waals surface area contributed by atoms with Crippen molar-refractivity contribution in [1.82, 2.24) is 5.32 Å². The van der Waals surface area contributed by atoms with Crippen LogP contribution >= 0.6 is 0 Å². The van der Waals surface area contributed by atoms with Crippen LogP contribution in [0.4, 0.5) is 0 Å². The van der Waals surface area contributed by atoms with Gasteiger partial charge in [-0.3, -0.25) is 0 Å². The van der Waals surface area contributed by atoms with Crippen LogP contribution in [0.2, 0.25) is 0 Å². The topological polar surface area (TPSA) is 34.4 Å². The summed E-state index contributed by atoms with van der Waals surface area (Å²) < 4.78 is 11.7. The highest BCUT2D eigenvalue weighted by atomic mass is 16.5. The Hall–Kier alpha value is -0.800. The first-order chi connectivity index (χ1) is 9.54. The van der Waals surface area contributed by atoms with E-state index in [2.05, 4.69) is 33.0 Å². The summed E-state index contributed by atoms with van der Waals surface area (Å²) >= 11 is 0. The van der Waals surface area contributed by atoms with E-state index >= 15 is 0 Å². The van der Waals surface area contributed by atoms with Crippen LogP contribution in [0.5, 0.6) is 0 Å². The van der Waals surface area contributed by atoms with Gasteiger partial charge < -0.3 is 14.5 Å². The van der Waals surface area contributed by atoms with E-state index in [0.717, 1.165) is 24.1 Å². The number of hydrogen-bond acceptors (Lipinski definition) is 3. The van der Waals surface area contributed by atoms with Gasteiger partial charge in [-0.2, -0.15) is 0 Å². The van der Waals surface area contributed by atoms with Gasteiger partial charge in [-0.25, -0.2) is 0 Å². The molecule has 0 spiro atoms. The van der Waals surface area contributed by atoms with E-state index in [-0.39, 0.29) is 0 Å². The van der Waals surface area contributed by atoms with Gasteiger partial charge in [0, 0.05) is 18.2 Å². The second kappa shape index (κ2) is 7.28. The Morgan fingerprint density at radius 3 is 2.60 bits per heavy atom. The Morgan fingerprint density at radius 2 is 1.95 bits per heavy atom. The summed E-state index contributed by atoms with van der Waals surface area (Å²) in [5.74, 6) is 2.54. The average molecular weight is 279 g/mol.